The van der Waals surface area contributed by atoms with Gasteiger partial charge >= 0.3 is 0 Å². The van der Waals surface area contributed by atoms with Gasteiger partial charge in [-0.1, -0.05) is 6.92 Å². The Morgan fingerprint density at radius 3 is 3.09 bits per heavy atom. The molecule has 5 heteroatoms. The van der Waals surface area contributed by atoms with Gasteiger partial charge in [-0.25, -0.2) is 9.97 Å². The molecule has 4 heterocycles. The van der Waals surface area contributed by atoms with Crippen LogP contribution in [0.4, 0.5) is 0 Å². The maximum Gasteiger partial charge on any atom is 0.162 e. The van der Waals surface area contributed by atoms with Crippen molar-refractivity contribution in [3.63, 3.8) is 0 Å². The van der Waals surface area contributed by atoms with Gasteiger partial charge in [0.25, 0.3) is 0 Å². The molecule has 0 N–H and O–H groups in total. The fourth-order valence-corrected chi connectivity index (χ4v) is 3.84. The molecule has 0 saturated carbocycles. The standard InChI is InChI=1S/C17H24N4O/c1-2-20-10-4-6-13(12-20)16-19-14-7-3-9-18-17(14)21(16)15-8-5-11-22-15/h3,7,9,13,15H,2,4-6,8,10-12H2,1H3. The second kappa shape index (κ2) is 5.97. The molecule has 2 aliphatic rings. The Bertz CT molecular complexity index is 647. The third kappa shape index (κ3) is 2.42. The zero-order valence-corrected chi connectivity index (χ0v) is 13.2. The number of ether oxygens (including phenoxy) is 1. The molecule has 0 aromatic carbocycles. The van der Waals surface area contributed by atoms with E-state index in [0.29, 0.717) is 5.92 Å². The molecule has 0 spiro atoms. The van der Waals surface area contributed by atoms with Gasteiger partial charge in [-0.2, -0.15) is 0 Å². The first kappa shape index (κ1) is 14.2. The third-order valence-corrected chi connectivity index (χ3v) is 4.99. The summed E-state index contributed by atoms with van der Waals surface area (Å²) in [6.45, 7) is 6.53. The van der Waals surface area contributed by atoms with E-state index < -0.39 is 0 Å². The van der Waals surface area contributed by atoms with E-state index in [-0.39, 0.29) is 6.23 Å². The van der Waals surface area contributed by atoms with E-state index in [1.54, 1.807) is 0 Å². The number of likely N-dealkylation sites (N-methyl/N-ethyl adjacent to an activating group) is 1. The van der Waals surface area contributed by atoms with Crippen molar-refractivity contribution in [1.82, 2.24) is 19.4 Å². The van der Waals surface area contributed by atoms with Gasteiger partial charge in [0, 0.05) is 25.3 Å². The molecule has 2 aliphatic heterocycles. The van der Waals surface area contributed by atoms with Gasteiger partial charge in [-0.3, -0.25) is 4.57 Å². The summed E-state index contributed by atoms with van der Waals surface area (Å²) in [6.07, 6.45) is 6.64. The molecule has 0 aliphatic carbocycles. The van der Waals surface area contributed by atoms with Gasteiger partial charge in [0.2, 0.25) is 0 Å². The minimum Gasteiger partial charge on any atom is -0.358 e. The zero-order chi connectivity index (χ0) is 14.9. The molecule has 4 rings (SSSR count). The largest absolute Gasteiger partial charge is 0.358 e. The van der Waals surface area contributed by atoms with E-state index in [0.717, 1.165) is 43.7 Å². The summed E-state index contributed by atoms with van der Waals surface area (Å²) in [6, 6.07) is 4.04. The van der Waals surface area contributed by atoms with Gasteiger partial charge in [-0.15, -0.1) is 0 Å². The van der Waals surface area contributed by atoms with Crippen LogP contribution in [0, 0.1) is 0 Å². The van der Waals surface area contributed by atoms with Crippen molar-refractivity contribution < 1.29 is 4.74 Å². The van der Waals surface area contributed by atoms with Crippen LogP contribution < -0.4 is 0 Å². The third-order valence-electron chi connectivity index (χ3n) is 4.99. The van der Waals surface area contributed by atoms with E-state index in [4.69, 9.17) is 9.72 Å². The SMILES string of the molecule is CCN1CCCC(c2nc3cccnc3n2C2CCCO2)C1. The van der Waals surface area contributed by atoms with Crippen LogP contribution in [-0.2, 0) is 4.74 Å². The van der Waals surface area contributed by atoms with Gasteiger partial charge in [0.1, 0.15) is 17.6 Å². The van der Waals surface area contributed by atoms with Gasteiger partial charge in [0.15, 0.2) is 5.65 Å². The molecule has 0 amide bonds. The number of nitrogens with zero attached hydrogens (tertiary/aromatic N) is 4. The topological polar surface area (TPSA) is 43.2 Å². The van der Waals surface area contributed by atoms with Gasteiger partial charge in [-0.05, 0) is 50.9 Å². The second-order valence-corrected chi connectivity index (χ2v) is 6.39. The first-order valence-electron chi connectivity index (χ1n) is 8.53. The Balaban J connectivity index is 1.77. The molecular weight excluding hydrogens is 276 g/mol. The predicted molar refractivity (Wildman–Crippen MR) is 85.8 cm³/mol. The number of hydrogen-bond acceptors (Lipinski definition) is 4. The Morgan fingerprint density at radius 2 is 2.27 bits per heavy atom. The lowest BCUT2D eigenvalue weighted by Crippen LogP contribution is -2.35. The van der Waals surface area contributed by atoms with Crippen molar-refractivity contribution in [2.24, 2.45) is 0 Å². The molecule has 2 aromatic heterocycles. The van der Waals surface area contributed by atoms with Crippen LogP contribution in [0.1, 0.15) is 50.6 Å². The van der Waals surface area contributed by atoms with Crippen LogP contribution in [-0.4, -0.2) is 45.7 Å². The fraction of sp³-hybridized carbons (Fsp3) is 0.647. The van der Waals surface area contributed by atoms with Crippen molar-refractivity contribution in [1.29, 1.82) is 0 Å². The normalized spacial score (nSPS) is 26.8. The summed E-state index contributed by atoms with van der Waals surface area (Å²) in [4.78, 5) is 12.1. The molecular formula is C17H24N4O. The predicted octanol–water partition coefficient (Wildman–Crippen LogP) is 2.94. The Hall–Kier alpha value is -1.46. The molecule has 0 radical (unpaired) electrons. The number of hydrogen-bond donors (Lipinski definition) is 0. The highest BCUT2D eigenvalue weighted by molar-refractivity contribution is 5.71. The summed E-state index contributed by atoms with van der Waals surface area (Å²) in [5.41, 5.74) is 1.99. The van der Waals surface area contributed by atoms with Crippen molar-refractivity contribution in [2.75, 3.05) is 26.2 Å². The first-order chi connectivity index (χ1) is 10.9. The van der Waals surface area contributed by atoms with E-state index in [2.05, 4.69) is 27.4 Å². The highest BCUT2D eigenvalue weighted by Crippen LogP contribution is 2.34. The minimum atomic E-state index is 0.118. The van der Waals surface area contributed by atoms with Crippen LogP contribution in [0.15, 0.2) is 18.3 Å². The maximum absolute atomic E-state index is 5.96. The summed E-state index contributed by atoms with van der Waals surface area (Å²) in [7, 11) is 0. The highest BCUT2D eigenvalue weighted by Gasteiger charge is 2.30. The molecule has 2 fully saturated rings. The number of pyridine rings is 1. The van der Waals surface area contributed by atoms with E-state index >= 15 is 0 Å². The fourth-order valence-electron chi connectivity index (χ4n) is 3.84. The molecule has 2 saturated heterocycles. The number of fused-ring (bicyclic) bond motifs is 1. The molecule has 118 valence electrons. The molecule has 22 heavy (non-hydrogen) atoms. The molecule has 5 nitrogen and oxygen atoms in total. The Morgan fingerprint density at radius 1 is 1.32 bits per heavy atom. The second-order valence-electron chi connectivity index (χ2n) is 6.39. The zero-order valence-electron chi connectivity index (χ0n) is 13.2. The summed E-state index contributed by atoms with van der Waals surface area (Å²) >= 11 is 0. The number of likely N-dealkylation sites (tertiary alicyclic amines) is 1. The van der Waals surface area contributed by atoms with Crippen molar-refractivity contribution in [3.05, 3.63) is 24.2 Å². The molecule has 2 atom stereocenters. The number of piperidine rings is 1. The maximum atomic E-state index is 5.96. The summed E-state index contributed by atoms with van der Waals surface area (Å²) in [5, 5.41) is 0. The van der Waals surface area contributed by atoms with Crippen molar-refractivity contribution >= 4 is 11.2 Å². The Kier molecular flexibility index (Phi) is 3.84. The van der Waals surface area contributed by atoms with Gasteiger partial charge in [0.05, 0.1) is 0 Å². The van der Waals surface area contributed by atoms with Crippen molar-refractivity contribution in [2.45, 2.75) is 44.8 Å². The van der Waals surface area contributed by atoms with Gasteiger partial charge < -0.3 is 9.64 Å². The average Bonchev–Trinajstić information content (AvgIpc) is 3.21. The average molecular weight is 300 g/mol. The summed E-state index contributed by atoms with van der Waals surface area (Å²) in [5.74, 6) is 1.67. The smallest absolute Gasteiger partial charge is 0.162 e. The van der Waals surface area contributed by atoms with E-state index in [1.807, 2.05) is 12.3 Å². The van der Waals surface area contributed by atoms with Crippen LogP contribution >= 0.6 is 0 Å². The van der Waals surface area contributed by atoms with Crippen LogP contribution in [0.2, 0.25) is 0 Å². The van der Waals surface area contributed by atoms with E-state index in [1.165, 1.54) is 25.2 Å². The summed E-state index contributed by atoms with van der Waals surface area (Å²) < 4.78 is 8.24. The Labute approximate surface area is 131 Å². The number of aromatic nitrogens is 3. The first-order valence-corrected chi connectivity index (χ1v) is 8.53. The van der Waals surface area contributed by atoms with Crippen molar-refractivity contribution in [3.8, 4) is 0 Å². The lowest BCUT2D eigenvalue weighted by Gasteiger charge is -2.32. The number of imidazole rings is 1. The lowest BCUT2D eigenvalue weighted by atomic mass is 9.97. The molecule has 0 bridgehead atoms. The van der Waals surface area contributed by atoms with Crippen LogP contribution in [0.5, 0.6) is 0 Å². The van der Waals surface area contributed by atoms with Crippen LogP contribution in [0.25, 0.3) is 11.2 Å². The lowest BCUT2D eigenvalue weighted by molar-refractivity contribution is 0.0547. The highest BCUT2D eigenvalue weighted by atomic mass is 16.5. The van der Waals surface area contributed by atoms with Crippen LogP contribution in [0.3, 0.4) is 0 Å². The monoisotopic (exact) mass is 300 g/mol. The quantitative estimate of drug-likeness (QED) is 0.874. The van der Waals surface area contributed by atoms with E-state index in [9.17, 15) is 0 Å². The molecule has 2 aromatic rings. The number of rotatable bonds is 3. The molecule has 2 unspecified atom stereocenters. The minimum absolute atomic E-state index is 0.118.